The monoisotopic (exact) mass is 502 g/mol. The highest BCUT2D eigenvalue weighted by Crippen LogP contribution is 2.29. The molecule has 0 N–H and O–H groups in total. The molecule has 187 valence electrons. The van der Waals surface area contributed by atoms with Gasteiger partial charge in [-0.3, -0.25) is 4.79 Å². The van der Waals surface area contributed by atoms with Gasteiger partial charge in [0, 0.05) is 5.69 Å². The van der Waals surface area contributed by atoms with E-state index in [2.05, 4.69) is 0 Å². The van der Waals surface area contributed by atoms with Crippen LogP contribution in [0.1, 0.15) is 56.9 Å². The highest BCUT2D eigenvalue weighted by atomic mass is 35.5. The van der Waals surface area contributed by atoms with E-state index in [4.69, 9.17) is 21.0 Å². The molecule has 0 heterocycles. The van der Waals surface area contributed by atoms with Gasteiger partial charge in [0.25, 0.3) is 0 Å². The summed E-state index contributed by atoms with van der Waals surface area (Å²) in [5.74, 6) is 2.57. The number of rotatable bonds is 9. The van der Waals surface area contributed by atoms with E-state index >= 15 is 0 Å². The minimum absolute atomic E-state index is 0.0717. The van der Waals surface area contributed by atoms with Gasteiger partial charge < -0.3 is 14.3 Å². The van der Waals surface area contributed by atoms with Crippen molar-refractivity contribution in [3.63, 3.8) is 0 Å². The first kappa shape index (κ1) is 26.2. The van der Waals surface area contributed by atoms with Crippen molar-refractivity contribution < 1.29 is 14.2 Å². The normalized spacial score (nSPS) is 14.7. The number of carbonyl (C=O) groups excluding carboxylic acids is 1. The van der Waals surface area contributed by atoms with Crippen LogP contribution in [0.3, 0.4) is 0 Å². The Bertz CT molecular complexity index is 1050. The first-order chi connectivity index (χ1) is 17.7. The van der Waals surface area contributed by atoms with Crippen LogP contribution in [0.4, 0.5) is 5.69 Å². The molecule has 1 aliphatic carbocycles. The van der Waals surface area contributed by atoms with Gasteiger partial charge in [-0.05, 0) is 59.9 Å². The minimum Gasteiger partial charge on any atom is -0.563 e. The van der Waals surface area contributed by atoms with Crippen molar-refractivity contribution in [2.45, 2.75) is 63.7 Å². The van der Waals surface area contributed by atoms with E-state index < -0.39 is 0 Å². The molecule has 3 aromatic rings. The van der Waals surface area contributed by atoms with Gasteiger partial charge in [-0.25, -0.2) is 0 Å². The van der Waals surface area contributed by atoms with Crippen LogP contribution in [0.15, 0.2) is 78.9 Å². The summed E-state index contributed by atoms with van der Waals surface area (Å²) >= 11 is 5.87. The zero-order valence-electron chi connectivity index (χ0n) is 20.8. The van der Waals surface area contributed by atoms with E-state index in [1.807, 2.05) is 86.3 Å². The van der Waals surface area contributed by atoms with Gasteiger partial charge in [0.15, 0.2) is 0 Å². The Labute approximate surface area is 220 Å². The van der Waals surface area contributed by atoms with Crippen LogP contribution in [-0.2, 0) is 11.3 Å². The molecule has 1 saturated carbocycles. The van der Waals surface area contributed by atoms with Crippen LogP contribution in [0.2, 0.25) is 5.82 Å². The fourth-order valence-corrected chi connectivity index (χ4v) is 4.70. The Kier molecular flexibility index (Phi) is 10.2. The van der Waals surface area contributed by atoms with Crippen molar-refractivity contribution in [1.82, 2.24) is 0 Å². The number of hydrogen-bond acceptors (Lipinski definition) is 3. The number of alkyl halides is 1. The molecule has 0 aliphatic heterocycles. The zero-order valence-corrected chi connectivity index (χ0v) is 21.5. The van der Waals surface area contributed by atoms with Crippen molar-refractivity contribution in [3.05, 3.63) is 84.4 Å². The first-order valence-electron chi connectivity index (χ1n) is 13.0. The maximum Gasteiger partial charge on any atom is 0.373 e. The van der Waals surface area contributed by atoms with E-state index in [-0.39, 0.29) is 11.8 Å². The van der Waals surface area contributed by atoms with Gasteiger partial charge in [-0.1, -0.05) is 81.7 Å². The van der Waals surface area contributed by atoms with Gasteiger partial charge in [0.05, 0.1) is 12.3 Å². The molecule has 1 aliphatic rings. The summed E-state index contributed by atoms with van der Waals surface area (Å²) in [6.45, 7) is 0.464. The Morgan fingerprint density at radius 2 is 1.33 bits per heavy atom. The molecular formula is C30H34BClNO3. The summed E-state index contributed by atoms with van der Waals surface area (Å²) in [5, 5.41) is 0. The minimum atomic E-state index is -0.142. The second kappa shape index (κ2) is 14.0. The lowest BCUT2D eigenvalue weighted by molar-refractivity contribution is -0.116. The van der Waals surface area contributed by atoms with Crippen molar-refractivity contribution >= 4 is 30.7 Å². The average molecular weight is 503 g/mol. The predicted octanol–water partition coefficient (Wildman–Crippen LogP) is 8.17. The second-order valence-electron chi connectivity index (χ2n) is 9.38. The molecule has 0 aromatic heterocycles. The van der Waals surface area contributed by atoms with Crippen LogP contribution < -0.4 is 14.3 Å². The van der Waals surface area contributed by atoms with Gasteiger partial charge >= 0.3 is 7.48 Å². The number of hydrogen-bond donors (Lipinski definition) is 0. The third kappa shape index (κ3) is 8.06. The van der Waals surface area contributed by atoms with Gasteiger partial charge in [-0.2, -0.15) is 0 Å². The quantitative estimate of drug-likeness (QED) is 0.219. The summed E-state index contributed by atoms with van der Waals surface area (Å²) in [5.41, 5.74) is 1.82. The van der Waals surface area contributed by atoms with Crippen LogP contribution in [0.25, 0.3) is 0 Å². The molecule has 0 saturated heterocycles. The molecule has 0 bridgehead atoms. The maximum absolute atomic E-state index is 12.5. The standard InChI is InChI=1S/C30H34BClNO3/c32-22-30(34)33(23-24-10-6-5-7-11-24)26-14-16-27(17-15-26)35-28-18-20-29(21-19-28)36-31-25-12-8-3-1-2-4-9-13-25/h5-7,10-11,14-21,25H,1-4,8-9,12-13,22-23H2. The SMILES string of the molecule is O=C(CCl)N(Cc1ccccc1)c1ccc(Oc2ccc(O[B]C3CCCCCCCC3)cc2)cc1. The van der Waals surface area contributed by atoms with Crippen molar-refractivity contribution in [2.24, 2.45) is 0 Å². The van der Waals surface area contributed by atoms with Crippen LogP contribution in [0.5, 0.6) is 17.2 Å². The lowest BCUT2D eigenvalue weighted by Crippen LogP contribution is -2.31. The Morgan fingerprint density at radius 3 is 1.94 bits per heavy atom. The third-order valence-corrected chi connectivity index (χ3v) is 6.83. The maximum atomic E-state index is 12.5. The summed E-state index contributed by atoms with van der Waals surface area (Å²) in [6.07, 6.45) is 10.4. The fraction of sp³-hybridized carbons (Fsp3) is 0.367. The van der Waals surface area contributed by atoms with Crippen LogP contribution >= 0.6 is 11.6 Å². The van der Waals surface area contributed by atoms with E-state index in [0.717, 1.165) is 22.7 Å². The smallest absolute Gasteiger partial charge is 0.373 e. The van der Waals surface area contributed by atoms with Crippen molar-refractivity contribution in [2.75, 3.05) is 10.8 Å². The van der Waals surface area contributed by atoms with Crippen LogP contribution in [-0.4, -0.2) is 19.3 Å². The van der Waals surface area contributed by atoms with Crippen molar-refractivity contribution in [3.8, 4) is 17.2 Å². The van der Waals surface area contributed by atoms with Crippen LogP contribution in [0, 0.1) is 0 Å². The summed E-state index contributed by atoms with van der Waals surface area (Å²) in [6, 6.07) is 25.1. The number of ether oxygens (including phenoxy) is 1. The number of nitrogens with zero attached hydrogens (tertiary/aromatic N) is 1. The first-order valence-corrected chi connectivity index (χ1v) is 13.5. The molecule has 4 nitrogen and oxygen atoms in total. The average Bonchev–Trinajstić information content (AvgIpc) is 3.06. The van der Waals surface area contributed by atoms with E-state index in [9.17, 15) is 4.79 Å². The number of anilines is 1. The van der Waals surface area contributed by atoms with Gasteiger partial charge in [0.1, 0.15) is 17.4 Å². The largest absolute Gasteiger partial charge is 0.563 e. The van der Waals surface area contributed by atoms with Crippen molar-refractivity contribution in [1.29, 1.82) is 0 Å². The zero-order chi connectivity index (χ0) is 25.0. The summed E-state index contributed by atoms with van der Waals surface area (Å²) < 4.78 is 12.0. The molecule has 0 atom stereocenters. The molecule has 0 spiro atoms. The highest BCUT2D eigenvalue weighted by Gasteiger charge is 2.16. The molecule has 6 heteroatoms. The van der Waals surface area contributed by atoms with E-state index in [1.165, 1.54) is 51.4 Å². The number of amides is 1. The Hall–Kier alpha value is -2.92. The number of benzene rings is 3. The van der Waals surface area contributed by atoms with E-state index in [1.54, 1.807) is 4.90 Å². The predicted molar refractivity (Wildman–Crippen MR) is 148 cm³/mol. The topological polar surface area (TPSA) is 38.8 Å². The molecule has 0 unspecified atom stereocenters. The number of halogens is 1. The Balaban J connectivity index is 1.32. The summed E-state index contributed by atoms with van der Waals surface area (Å²) in [7, 11) is 2.03. The van der Waals surface area contributed by atoms with Gasteiger partial charge in [0.2, 0.25) is 5.91 Å². The fourth-order valence-electron chi connectivity index (χ4n) is 4.55. The lowest BCUT2D eigenvalue weighted by atomic mass is 9.73. The second-order valence-corrected chi connectivity index (χ2v) is 9.65. The molecule has 4 rings (SSSR count). The molecule has 1 fully saturated rings. The molecule has 1 amide bonds. The third-order valence-electron chi connectivity index (χ3n) is 6.60. The molecular weight excluding hydrogens is 469 g/mol. The molecule has 36 heavy (non-hydrogen) atoms. The lowest BCUT2D eigenvalue weighted by Gasteiger charge is -2.22. The Morgan fingerprint density at radius 1 is 0.778 bits per heavy atom. The molecule has 3 aromatic carbocycles. The highest BCUT2D eigenvalue weighted by molar-refractivity contribution is 6.30. The van der Waals surface area contributed by atoms with E-state index in [0.29, 0.717) is 18.1 Å². The number of carbonyl (C=O) groups is 1. The molecule has 1 radical (unpaired) electrons. The van der Waals surface area contributed by atoms with Gasteiger partial charge in [-0.15, -0.1) is 11.6 Å². The summed E-state index contributed by atoms with van der Waals surface area (Å²) in [4.78, 5) is 14.2.